The van der Waals surface area contributed by atoms with Crippen molar-refractivity contribution in [3.05, 3.63) is 74.2 Å². The van der Waals surface area contributed by atoms with Gasteiger partial charge in [-0.3, -0.25) is 14.9 Å². The monoisotopic (exact) mass is 420 g/mol. The van der Waals surface area contributed by atoms with Crippen molar-refractivity contribution in [2.24, 2.45) is 0 Å². The first-order valence-electron chi connectivity index (χ1n) is 7.70. The zero-order valence-corrected chi connectivity index (χ0v) is 16.3. The Hall–Kier alpha value is -2.49. The Bertz CT molecular complexity index is 981. The number of benzene rings is 2. The lowest BCUT2D eigenvalue weighted by molar-refractivity contribution is -0.384. The molecule has 27 heavy (non-hydrogen) atoms. The van der Waals surface area contributed by atoms with E-state index in [-0.39, 0.29) is 16.6 Å². The second-order valence-electron chi connectivity index (χ2n) is 5.41. The molecule has 1 amide bonds. The summed E-state index contributed by atoms with van der Waals surface area (Å²) in [5.41, 5.74) is 0.820. The van der Waals surface area contributed by atoms with E-state index in [2.05, 4.69) is 15.5 Å². The van der Waals surface area contributed by atoms with Crippen LogP contribution in [0.25, 0.3) is 0 Å². The number of amides is 1. The van der Waals surface area contributed by atoms with Crippen LogP contribution in [0, 0.1) is 17.0 Å². The molecule has 0 radical (unpaired) electrons. The quantitative estimate of drug-likeness (QED) is 0.346. The summed E-state index contributed by atoms with van der Waals surface area (Å²) in [5, 5.41) is 22.0. The number of rotatable bonds is 6. The van der Waals surface area contributed by atoms with Gasteiger partial charge in [0.1, 0.15) is 15.3 Å². The van der Waals surface area contributed by atoms with Crippen molar-refractivity contribution in [1.82, 2.24) is 10.2 Å². The highest BCUT2D eigenvalue weighted by molar-refractivity contribution is 8.01. The number of nitrogens with one attached hydrogen (secondary N) is 1. The van der Waals surface area contributed by atoms with Gasteiger partial charge in [0.15, 0.2) is 4.34 Å². The van der Waals surface area contributed by atoms with Crippen LogP contribution in [0.5, 0.6) is 0 Å². The molecule has 0 aliphatic carbocycles. The smallest absolute Gasteiger partial charge is 0.289 e. The molecule has 0 spiro atoms. The van der Waals surface area contributed by atoms with E-state index in [1.54, 1.807) is 0 Å². The fourth-order valence-corrected chi connectivity index (χ4v) is 4.46. The molecule has 3 aromatic rings. The molecule has 1 heterocycles. The second-order valence-corrected chi connectivity index (χ2v) is 8.35. The molecule has 138 valence electrons. The number of thioether (sulfide) groups is 1. The fraction of sp³-hybridized carbons (Fsp3) is 0.118. The molecular weight excluding hydrogens is 408 g/mol. The maximum atomic E-state index is 12.9. The number of hydrogen-bond acceptors (Lipinski definition) is 7. The highest BCUT2D eigenvalue weighted by atomic mass is 35.5. The molecule has 0 bridgehead atoms. The number of halogens is 1. The van der Waals surface area contributed by atoms with Crippen LogP contribution < -0.4 is 5.32 Å². The number of nitro benzene ring substituents is 1. The van der Waals surface area contributed by atoms with Gasteiger partial charge >= 0.3 is 0 Å². The van der Waals surface area contributed by atoms with E-state index >= 15 is 0 Å². The first-order valence-corrected chi connectivity index (χ1v) is 9.78. The maximum absolute atomic E-state index is 12.9. The zero-order valence-electron chi connectivity index (χ0n) is 14.0. The van der Waals surface area contributed by atoms with E-state index in [4.69, 9.17) is 11.6 Å². The van der Waals surface area contributed by atoms with Crippen molar-refractivity contribution in [2.75, 3.05) is 5.32 Å². The predicted octanol–water partition coefficient (Wildman–Crippen LogP) is 4.88. The van der Waals surface area contributed by atoms with Crippen LogP contribution in [0.1, 0.15) is 15.8 Å². The lowest BCUT2D eigenvalue weighted by Crippen LogP contribution is -2.19. The first-order chi connectivity index (χ1) is 12.9. The van der Waals surface area contributed by atoms with Crippen LogP contribution in [-0.4, -0.2) is 21.0 Å². The molecule has 0 saturated carbocycles. The van der Waals surface area contributed by atoms with Gasteiger partial charge in [-0.25, -0.2) is 0 Å². The molecule has 0 aliphatic heterocycles. The van der Waals surface area contributed by atoms with Crippen LogP contribution in [0.2, 0.25) is 5.02 Å². The Balaban J connectivity index is 1.87. The molecule has 0 unspecified atom stereocenters. The fourth-order valence-electron chi connectivity index (χ4n) is 2.27. The molecule has 0 saturated heterocycles. The van der Waals surface area contributed by atoms with Gasteiger partial charge in [0.25, 0.3) is 5.69 Å². The van der Waals surface area contributed by atoms with E-state index in [1.807, 2.05) is 37.3 Å². The van der Waals surface area contributed by atoms with Crippen LogP contribution in [0.4, 0.5) is 11.4 Å². The highest BCUT2D eigenvalue weighted by Gasteiger charge is 2.24. The van der Waals surface area contributed by atoms with Gasteiger partial charge in [0.05, 0.1) is 4.92 Å². The van der Waals surface area contributed by atoms with E-state index < -0.39 is 10.2 Å². The van der Waals surface area contributed by atoms with Gasteiger partial charge in [0.2, 0.25) is 5.91 Å². The normalized spacial score (nSPS) is 11.8. The number of aromatic nitrogens is 2. The average molecular weight is 421 g/mol. The van der Waals surface area contributed by atoms with Gasteiger partial charge in [-0.05, 0) is 24.6 Å². The Kier molecular flexibility index (Phi) is 6.04. The minimum atomic E-state index is -0.592. The maximum Gasteiger partial charge on any atom is 0.289 e. The lowest BCUT2D eigenvalue weighted by atomic mass is 10.1. The molecule has 2 aromatic carbocycles. The highest BCUT2D eigenvalue weighted by Crippen LogP contribution is 2.38. The van der Waals surface area contributed by atoms with Crippen LogP contribution in [-0.2, 0) is 4.79 Å². The molecule has 0 fully saturated rings. The third kappa shape index (κ3) is 4.82. The molecule has 7 nitrogen and oxygen atoms in total. The molecule has 1 N–H and O–H groups in total. The summed E-state index contributed by atoms with van der Waals surface area (Å²) in [6.45, 7) is 1.84. The van der Waals surface area contributed by atoms with E-state index in [0.29, 0.717) is 10.0 Å². The van der Waals surface area contributed by atoms with Crippen molar-refractivity contribution >= 4 is 52.0 Å². The van der Waals surface area contributed by atoms with Crippen molar-refractivity contribution < 1.29 is 9.72 Å². The summed E-state index contributed by atoms with van der Waals surface area (Å²) < 4.78 is 0.665. The Labute approximate surface area is 167 Å². The third-order valence-electron chi connectivity index (χ3n) is 3.48. The number of nitrogens with zero attached hydrogens (tertiary/aromatic N) is 3. The molecule has 10 heteroatoms. The van der Waals surface area contributed by atoms with Crippen molar-refractivity contribution in [2.45, 2.75) is 16.5 Å². The summed E-state index contributed by atoms with van der Waals surface area (Å²) in [6, 6.07) is 13.4. The summed E-state index contributed by atoms with van der Waals surface area (Å²) >= 11 is 8.50. The van der Waals surface area contributed by atoms with Crippen LogP contribution in [0.15, 0.2) is 52.9 Å². The molecule has 1 atom stereocenters. The topological polar surface area (TPSA) is 98.0 Å². The number of anilines is 1. The Morgan fingerprint density at radius 1 is 1.26 bits per heavy atom. The minimum Gasteiger partial charge on any atom is -0.325 e. The standard InChI is InChI=1S/C17H13ClN4O3S2/c1-10-20-21-17(26-10)27-15(11-5-3-2-4-6-11)16(23)19-12-7-8-13(18)14(9-12)22(24)25/h2-9,15H,1H3,(H,19,23)/t15-/m1/s1. The summed E-state index contributed by atoms with van der Waals surface area (Å²) in [6.07, 6.45) is 0. The van der Waals surface area contributed by atoms with E-state index in [9.17, 15) is 14.9 Å². The molecule has 3 rings (SSSR count). The minimum absolute atomic E-state index is 0.0105. The number of aryl methyl sites for hydroxylation is 1. The summed E-state index contributed by atoms with van der Waals surface area (Å²) in [4.78, 5) is 23.4. The van der Waals surface area contributed by atoms with Gasteiger partial charge in [-0.1, -0.05) is 65.0 Å². The SMILES string of the molecule is Cc1nnc(S[C@@H](C(=O)Nc2ccc(Cl)c([N+](=O)[O-])c2)c2ccccc2)s1. The second kappa shape index (κ2) is 8.47. The predicted molar refractivity (Wildman–Crippen MR) is 106 cm³/mol. The number of hydrogen-bond donors (Lipinski definition) is 1. The third-order valence-corrected chi connectivity index (χ3v) is 5.97. The number of nitro groups is 1. The van der Waals surface area contributed by atoms with Gasteiger partial charge in [0, 0.05) is 11.8 Å². The van der Waals surface area contributed by atoms with Crippen molar-refractivity contribution in [1.29, 1.82) is 0 Å². The van der Waals surface area contributed by atoms with Crippen molar-refractivity contribution in [3.63, 3.8) is 0 Å². The van der Waals surface area contributed by atoms with Crippen LogP contribution in [0.3, 0.4) is 0 Å². The summed E-state index contributed by atoms with van der Waals surface area (Å²) in [7, 11) is 0. The number of carbonyl (C=O) groups excluding carboxylic acids is 1. The number of carbonyl (C=O) groups is 1. The van der Waals surface area contributed by atoms with Gasteiger partial charge in [-0.15, -0.1) is 10.2 Å². The van der Waals surface area contributed by atoms with E-state index in [0.717, 1.165) is 10.6 Å². The zero-order chi connectivity index (χ0) is 19.4. The first kappa shape index (κ1) is 19.3. The van der Waals surface area contributed by atoms with E-state index in [1.165, 1.54) is 41.3 Å². The Morgan fingerprint density at radius 2 is 2.00 bits per heavy atom. The summed E-state index contributed by atoms with van der Waals surface area (Å²) in [5.74, 6) is -0.323. The largest absolute Gasteiger partial charge is 0.325 e. The lowest BCUT2D eigenvalue weighted by Gasteiger charge is -2.15. The van der Waals surface area contributed by atoms with Crippen LogP contribution >= 0.6 is 34.7 Å². The van der Waals surface area contributed by atoms with Crippen molar-refractivity contribution in [3.8, 4) is 0 Å². The van der Waals surface area contributed by atoms with Gasteiger partial charge < -0.3 is 5.32 Å². The molecular formula is C17H13ClN4O3S2. The molecule has 1 aromatic heterocycles. The Morgan fingerprint density at radius 3 is 2.63 bits per heavy atom. The molecule has 0 aliphatic rings. The average Bonchev–Trinajstić information content (AvgIpc) is 3.06. The van der Waals surface area contributed by atoms with Gasteiger partial charge in [-0.2, -0.15) is 0 Å².